The highest BCUT2D eigenvalue weighted by atomic mass is 32.1. The second-order valence-corrected chi connectivity index (χ2v) is 20.6. The maximum Gasteiger partial charge on any atom is 0.0482 e. The van der Waals surface area contributed by atoms with Crippen molar-refractivity contribution < 1.29 is 0 Å². The van der Waals surface area contributed by atoms with Crippen molar-refractivity contribution in [2.75, 3.05) is 14.7 Å². The molecule has 2 aromatic heterocycles. The number of benzene rings is 11. The molecule has 71 heavy (non-hydrogen) atoms. The Bertz CT molecular complexity index is 4210. The van der Waals surface area contributed by atoms with E-state index in [4.69, 9.17) is 0 Å². The van der Waals surface area contributed by atoms with Crippen molar-refractivity contribution in [2.45, 2.75) is 12.8 Å². The summed E-state index contributed by atoms with van der Waals surface area (Å²) in [6, 6.07) is 89.3. The SMILES string of the molecule is C1=C(N(c2ccccc2)c2cccc(N(c3cccc(N(c4ccccc4)c4ccc5sc6ccccc6c5c4)c3)c3ccc4sc5ccccc5c4c3)c2)CCc2c1c1ccccc1c1ccccc21. The van der Waals surface area contributed by atoms with Gasteiger partial charge in [-0.05, 0) is 161 Å². The van der Waals surface area contributed by atoms with Gasteiger partial charge in [-0.2, -0.15) is 0 Å². The van der Waals surface area contributed by atoms with Crippen LogP contribution in [0.1, 0.15) is 17.5 Å². The molecular formula is C66H45N3S2. The van der Waals surface area contributed by atoms with Crippen molar-refractivity contribution in [3.63, 3.8) is 0 Å². The normalized spacial score (nSPS) is 12.5. The van der Waals surface area contributed by atoms with Crippen LogP contribution in [-0.2, 0) is 6.42 Å². The van der Waals surface area contributed by atoms with Crippen molar-refractivity contribution in [3.05, 3.63) is 259 Å². The lowest BCUT2D eigenvalue weighted by molar-refractivity contribution is 0.902. The van der Waals surface area contributed by atoms with Crippen LogP contribution >= 0.6 is 22.7 Å². The lowest BCUT2D eigenvalue weighted by atomic mass is 9.85. The minimum atomic E-state index is 0.907. The molecular weight excluding hydrogens is 899 g/mol. The van der Waals surface area contributed by atoms with E-state index in [9.17, 15) is 0 Å². The average molecular weight is 944 g/mol. The van der Waals surface area contributed by atoms with Crippen molar-refractivity contribution >= 4 is 136 Å². The summed E-state index contributed by atoms with van der Waals surface area (Å²) < 4.78 is 5.17. The maximum absolute atomic E-state index is 2.49. The van der Waals surface area contributed by atoms with Crippen LogP contribution in [0.2, 0.25) is 0 Å². The Morgan fingerprint density at radius 1 is 0.254 bits per heavy atom. The van der Waals surface area contributed by atoms with Gasteiger partial charge in [0.1, 0.15) is 0 Å². The number of fused-ring (bicyclic) bond motifs is 12. The third-order valence-corrected chi connectivity index (χ3v) is 16.6. The van der Waals surface area contributed by atoms with E-state index >= 15 is 0 Å². The standard InChI is InChI=1S/C66H45N3S2/c1-3-17-44(18-4-1)67(50-33-36-57-55-27-8-7-25-53(55)54-26-9-10-28-56(54)60(57)41-50)46-21-15-23-48(39-46)69(52-35-38-66-62(43-52)59-30-12-14-32-64(59)71-66)49-24-16-22-47(40-49)68(45-19-5-2-6-20-45)51-34-37-65-61(42-51)58-29-11-13-31-63(58)70-65/h1-32,34-35,37-43H,33,36H2. The van der Waals surface area contributed by atoms with Crippen molar-refractivity contribution in [2.24, 2.45) is 0 Å². The largest absolute Gasteiger partial charge is 0.314 e. The summed E-state index contributed by atoms with van der Waals surface area (Å²) in [6.07, 6.45) is 4.33. The van der Waals surface area contributed by atoms with Crippen LogP contribution in [0.15, 0.2) is 248 Å². The first kappa shape index (κ1) is 41.5. The number of anilines is 8. The third kappa shape index (κ3) is 7.16. The molecule has 0 fully saturated rings. The number of aryl methyl sites for hydroxylation is 1. The van der Waals surface area contributed by atoms with Gasteiger partial charge in [0.2, 0.25) is 0 Å². The van der Waals surface area contributed by atoms with Crippen molar-refractivity contribution in [3.8, 4) is 0 Å². The van der Waals surface area contributed by atoms with Gasteiger partial charge in [-0.1, -0.05) is 133 Å². The second kappa shape index (κ2) is 17.2. The number of para-hydroxylation sites is 2. The van der Waals surface area contributed by atoms with E-state index < -0.39 is 0 Å². The lowest BCUT2D eigenvalue weighted by Gasteiger charge is -2.33. The maximum atomic E-state index is 2.49. The van der Waals surface area contributed by atoms with Gasteiger partial charge in [0.05, 0.1) is 0 Å². The summed E-state index contributed by atoms with van der Waals surface area (Å²) in [5.41, 5.74) is 12.8. The molecule has 0 bridgehead atoms. The Morgan fingerprint density at radius 3 is 1.18 bits per heavy atom. The molecule has 0 aliphatic heterocycles. The number of rotatable bonds is 9. The van der Waals surface area contributed by atoms with E-state index in [-0.39, 0.29) is 0 Å². The van der Waals surface area contributed by atoms with Gasteiger partial charge in [-0.15, -0.1) is 22.7 Å². The van der Waals surface area contributed by atoms with Crippen molar-refractivity contribution in [1.82, 2.24) is 0 Å². The molecule has 1 aliphatic rings. The Hall–Kier alpha value is -8.48. The number of nitrogens with zero attached hydrogens (tertiary/aromatic N) is 3. The molecule has 5 heteroatoms. The molecule has 0 unspecified atom stereocenters. The molecule has 11 aromatic carbocycles. The highest BCUT2D eigenvalue weighted by molar-refractivity contribution is 7.26. The monoisotopic (exact) mass is 943 g/mol. The van der Waals surface area contributed by atoms with Crippen LogP contribution < -0.4 is 14.7 Å². The Morgan fingerprint density at radius 2 is 0.634 bits per heavy atom. The predicted molar refractivity (Wildman–Crippen MR) is 308 cm³/mol. The third-order valence-electron chi connectivity index (χ3n) is 14.3. The smallest absolute Gasteiger partial charge is 0.0482 e. The number of allylic oxidation sites excluding steroid dienone is 1. The van der Waals surface area contributed by atoms with Gasteiger partial charge >= 0.3 is 0 Å². The molecule has 1 aliphatic carbocycles. The van der Waals surface area contributed by atoms with Crippen LogP contribution in [0, 0.1) is 0 Å². The van der Waals surface area contributed by atoms with E-state index in [0.717, 1.165) is 58.3 Å². The quantitative estimate of drug-likeness (QED) is 0.134. The minimum absolute atomic E-state index is 0.907. The average Bonchev–Trinajstić information content (AvgIpc) is 4.00. The Labute approximate surface area is 420 Å². The molecule has 0 N–H and O–H groups in total. The topological polar surface area (TPSA) is 9.72 Å². The summed E-state index contributed by atoms with van der Waals surface area (Å²) in [7, 11) is 0. The summed E-state index contributed by atoms with van der Waals surface area (Å²) in [5, 5.41) is 10.4. The fourth-order valence-electron chi connectivity index (χ4n) is 11.1. The number of thiophene rings is 2. The fourth-order valence-corrected chi connectivity index (χ4v) is 13.3. The van der Waals surface area contributed by atoms with E-state index in [2.05, 4.69) is 263 Å². The number of hydrogen-bond acceptors (Lipinski definition) is 5. The zero-order chi connectivity index (χ0) is 46.8. The van der Waals surface area contributed by atoms with Crippen molar-refractivity contribution in [1.29, 1.82) is 0 Å². The Balaban J connectivity index is 0.951. The summed E-state index contributed by atoms with van der Waals surface area (Å²) in [6.45, 7) is 0. The number of hydrogen-bond donors (Lipinski definition) is 0. The highest BCUT2D eigenvalue weighted by Gasteiger charge is 2.25. The zero-order valence-electron chi connectivity index (χ0n) is 38.7. The van der Waals surface area contributed by atoms with E-state index in [0.29, 0.717) is 0 Å². The van der Waals surface area contributed by atoms with Gasteiger partial charge in [0, 0.05) is 91.5 Å². The molecule has 0 radical (unpaired) electrons. The van der Waals surface area contributed by atoms with E-state index in [1.54, 1.807) is 0 Å². The molecule has 3 nitrogen and oxygen atoms in total. The molecule has 13 aromatic rings. The molecule has 0 spiro atoms. The van der Waals surface area contributed by atoms with Gasteiger partial charge in [-0.25, -0.2) is 0 Å². The van der Waals surface area contributed by atoms with Gasteiger partial charge in [-0.3, -0.25) is 0 Å². The zero-order valence-corrected chi connectivity index (χ0v) is 40.4. The summed E-state index contributed by atoms with van der Waals surface area (Å²) in [4.78, 5) is 7.34. The van der Waals surface area contributed by atoms with Gasteiger partial charge < -0.3 is 14.7 Å². The molecule has 336 valence electrons. The van der Waals surface area contributed by atoms with Gasteiger partial charge in [0.15, 0.2) is 0 Å². The molecule has 0 saturated carbocycles. The first-order chi connectivity index (χ1) is 35.2. The van der Waals surface area contributed by atoms with Crippen LogP contribution in [0.25, 0.3) is 68.0 Å². The first-order valence-electron chi connectivity index (χ1n) is 24.4. The van der Waals surface area contributed by atoms with E-state index in [1.807, 2.05) is 22.7 Å². The summed E-state index contributed by atoms with van der Waals surface area (Å²) in [5.74, 6) is 0. The van der Waals surface area contributed by atoms with Crippen LogP contribution in [0.4, 0.5) is 45.5 Å². The van der Waals surface area contributed by atoms with Crippen LogP contribution in [0.3, 0.4) is 0 Å². The van der Waals surface area contributed by atoms with Crippen LogP contribution in [-0.4, -0.2) is 0 Å². The predicted octanol–water partition coefficient (Wildman–Crippen LogP) is 19.8. The second-order valence-electron chi connectivity index (χ2n) is 18.4. The van der Waals surface area contributed by atoms with Crippen LogP contribution in [0.5, 0.6) is 0 Å². The molecule has 0 saturated heterocycles. The molecule has 2 heterocycles. The Kier molecular flexibility index (Phi) is 10.0. The molecule has 0 atom stereocenters. The minimum Gasteiger partial charge on any atom is -0.314 e. The first-order valence-corrected chi connectivity index (χ1v) is 26.0. The van der Waals surface area contributed by atoms with Gasteiger partial charge in [0.25, 0.3) is 0 Å². The highest BCUT2D eigenvalue weighted by Crippen LogP contribution is 2.47. The summed E-state index contributed by atoms with van der Waals surface area (Å²) >= 11 is 3.71. The van der Waals surface area contributed by atoms with E-state index in [1.165, 1.54) is 78.7 Å². The fraction of sp³-hybridized carbons (Fsp3) is 0.0303. The molecule has 0 amide bonds. The molecule has 14 rings (SSSR count). The lowest BCUT2D eigenvalue weighted by Crippen LogP contribution is -2.20.